The van der Waals surface area contributed by atoms with E-state index in [2.05, 4.69) is 19.2 Å². The summed E-state index contributed by atoms with van der Waals surface area (Å²) in [6, 6.07) is 5.39. The summed E-state index contributed by atoms with van der Waals surface area (Å²) < 4.78 is 5.59. The zero-order valence-corrected chi connectivity index (χ0v) is 12.8. The van der Waals surface area contributed by atoms with Gasteiger partial charge in [-0.2, -0.15) is 0 Å². The first-order chi connectivity index (χ1) is 9.88. The number of nitrogen functional groups attached to an aromatic ring is 1. The second-order valence-electron chi connectivity index (χ2n) is 5.43. The SMILES string of the molecule is CC(C)COc1ccc(/C=C\C(=O)NCC(C)O)cc1N. The highest BCUT2D eigenvalue weighted by molar-refractivity contribution is 5.91. The Hall–Kier alpha value is -2.01. The Kier molecular flexibility index (Phi) is 6.75. The quantitative estimate of drug-likeness (QED) is 0.528. The van der Waals surface area contributed by atoms with Crippen molar-refractivity contribution >= 4 is 17.7 Å². The Balaban J connectivity index is 2.60. The minimum absolute atomic E-state index is 0.229. The summed E-state index contributed by atoms with van der Waals surface area (Å²) >= 11 is 0. The molecule has 1 aromatic carbocycles. The molecule has 0 aliphatic carbocycles. The van der Waals surface area contributed by atoms with Crippen molar-refractivity contribution in [3.63, 3.8) is 0 Å². The van der Waals surface area contributed by atoms with Gasteiger partial charge in [-0.15, -0.1) is 0 Å². The summed E-state index contributed by atoms with van der Waals surface area (Å²) in [6.45, 7) is 6.59. The lowest BCUT2D eigenvalue weighted by Gasteiger charge is -2.11. The van der Waals surface area contributed by atoms with E-state index >= 15 is 0 Å². The first kappa shape index (κ1) is 17.0. The summed E-state index contributed by atoms with van der Waals surface area (Å²) in [5.74, 6) is 0.829. The molecule has 0 saturated heterocycles. The number of rotatable bonds is 7. The van der Waals surface area contributed by atoms with Gasteiger partial charge in [0.15, 0.2) is 0 Å². The van der Waals surface area contributed by atoms with Crippen LogP contribution in [0.3, 0.4) is 0 Å². The third-order valence-corrected chi connectivity index (χ3v) is 2.60. The number of nitrogens with one attached hydrogen (secondary N) is 1. The van der Waals surface area contributed by atoms with Gasteiger partial charge in [-0.3, -0.25) is 4.79 Å². The summed E-state index contributed by atoms with van der Waals surface area (Å²) in [5, 5.41) is 11.7. The standard InChI is InChI=1S/C16H24N2O3/c1-11(2)10-21-15-6-4-13(8-14(15)17)5-7-16(20)18-9-12(3)19/h4-8,11-12,19H,9-10,17H2,1-3H3,(H,18,20)/b7-5-. The number of carbonyl (C=O) groups is 1. The van der Waals surface area contributed by atoms with Gasteiger partial charge < -0.3 is 20.9 Å². The lowest BCUT2D eigenvalue weighted by Crippen LogP contribution is -2.28. The highest BCUT2D eigenvalue weighted by atomic mass is 16.5. The topological polar surface area (TPSA) is 84.6 Å². The number of aliphatic hydroxyl groups excluding tert-OH is 1. The number of hydrogen-bond donors (Lipinski definition) is 3. The summed E-state index contributed by atoms with van der Waals surface area (Å²) in [6.07, 6.45) is 2.52. The van der Waals surface area contributed by atoms with E-state index in [1.807, 2.05) is 6.07 Å². The van der Waals surface area contributed by atoms with Crippen LogP contribution in [0.25, 0.3) is 6.08 Å². The number of carbonyl (C=O) groups excluding carboxylic acids is 1. The van der Waals surface area contributed by atoms with E-state index in [0.29, 0.717) is 24.0 Å². The molecular weight excluding hydrogens is 268 g/mol. The van der Waals surface area contributed by atoms with Crippen molar-refractivity contribution in [3.05, 3.63) is 29.8 Å². The molecule has 21 heavy (non-hydrogen) atoms. The number of amides is 1. The number of aliphatic hydroxyl groups is 1. The van der Waals surface area contributed by atoms with Crippen LogP contribution in [0.5, 0.6) is 5.75 Å². The van der Waals surface area contributed by atoms with Crippen LogP contribution < -0.4 is 15.8 Å². The van der Waals surface area contributed by atoms with Crippen molar-refractivity contribution in [1.29, 1.82) is 0 Å². The summed E-state index contributed by atoms with van der Waals surface area (Å²) in [4.78, 5) is 11.5. The normalized spacial score (nSPS) is 12.6. The molecule has 0 aromatic heterocycles. The lowest BCUT2D eigenvalue weighted by atomic mass is 10.1. The maximum atomic E-state index is 11.5. The van der Waals surface area contributed by atoms with Gasteiger partial charge in [0.1, 0.15) is 5.75 Å². The van der Waals surface area contributed by atoms with Gasteiger partial charge in [-0.05, 0) is 36.6 Å². The molecule has 4 N–H and O–H groups in total. The fraction of sp³-hybridized carbons (Fsp3) is 0.438. The van der Waals surface area contributed by atoms with E-state index in [1.165, 1.54) is 6.08 Å². The van der Waals surface area contributed by atoms with Gasteiger partial charge in [-0.25, -0.2) is 0 Å². The van der Waals surface area contributed by atoms with Gasteiger partial charge in [0.25, 0.3) is 0 Å². The lowest BCUT2D eigenvalue weighted by molar-refractivity contribution is -0.116. The fourth-order valence-corrected chi connectivity index (χ4v) is 1.54. The third-order valence-electron chi connectivity index (χ3n) is 2.60. The van der Waals surface area contributed by atoms with Crippen LogP contribution in [-0.4, -0.2) is 30.3 Å². The molecule has 5 nitrogen and oxygen atoms in total. The van der Waals surface area contributed by atoms with Crippen LogP contribution in [0.15, 0.2) is 24.3 Å². The summed E-state index contributed by atoms with van der Waals surface area (Å²) in [5.41, 5.74) is 7.28. The zero-order valence-electron chi connectivity index (χ0n) is 12.8. The van der Waals surface area contributed by atoms with Gasteiger partial charge >= 0.3 is 0 Å². The molecule has 5 heteroatoms. The molecule has 0 radical (unpaired) electrons. The van der Waals surface area contributed by atoms with Crippen LogP contribution in [0.4, 0.5) is 5.69 Å². The smallest absolute Gasteiger partial charge is 0.244 e. The van der Waals surface area contributed by atoms with Crippen molar-refractivity contribution in [1.82, 2.24) is 5.32 Å². The van der Waals surface area contributed by atoms with Crippen molar-refractivity contribution < 1.29 is 14.6 Å². The van der Waals surface area contributed by atoms with Crippen LogP contribution >= 0.6 is 0 Å². The van der Waals surface area contributed by atoms with E-state index < -0.39 is 6.10 Å². The second-order valence-corrected chi connectivity index (χ2v) is 5.43. The first-order valence-corrected chi connectivity index (χ1v) is 7.04. The van der Waals surface area contributed by atoms with Crippen LogP contribution in [0, 0.1) is 5.92 Å². The number of nitrogens with two attached hydrogens (primary N) is 1. The molecule has 0 spiro atoms. The first-order valence-electron chi connectivity index (χ1n) is 7.04. The van der Waals surface area contributed by atoms with Crippen molar-refractivity contribution in [2.75, 3.05) is 18.9 Å². The fourth-order valence-electron chi connectivity index (χ4n) is 1.54. The van der Waals surface area contributed by atoms with Crippen LogP contribution in [0.1, 0.15) is 26.3 Å². The molecule has 1 unspecified atom stereocenters. The Morgan fingerprint density at radius 3 is 2.71 bits per heavy atom. The van der Waals surface area contributed by atoms with E-state index in [1.54, 1.807) is 25.1 Å². The molecular formula is C16H24N2O3. The molecule has 1 amide bonds. The van der Waals surface area contributed by atoms with E-state index in [4.69, 9.17) is 15.6 Å². The number of ether oxygens (including phenoxy) is 1. The number of hydrogen-bond acceptors (Lipinski definition) is 4. The highest BCUT2D eigenvalue weighted by Gasteiger charge is 2.03. The maximum absolute atomic E-state index is 11.5. The van der Waals surface area contributed by atoms with Crippen molar-refractivity contribution in [2.24, 2.45) is 5.92 Å². The maximum Gasteiger partial charge on any atom is 0.244 e. The van der Waals surface area contributed by atoms with Gasteiger partial charge in [-0.1, -0.05) is 19.9 Å². The minimum Gasteiger partial charge on any atom is -0.491 e. The van der Waals surface area contributed by atoms with Crippen molar-refractivity contribution in [3.8, 4) is 5.75 Å². The Labute approximate surface area is 125 Å². The van der Waals surface area contributed by atoms with E-state index in [0.717, 1.165) is 5.56 Å². The monoisotopic (exact) mass is 292 g/mol. The zero-order chi connectivity index (χ0) is 15.8. The molecule has 0 heterocycles. The molecule has 1 aromatic rings. The molecule has 1 rings (SSSR count). The number of anilines is 1. The molecule has 116 valence electrons. The Morgan fingerprint density at radius 2 is 2.14 bits per heavy atom. The van der Waals surface area contributed by atoms with Crippen LogP contribution in [0.2, 0.25) is 0 Å². The average Bonchev–Trinajstić information content (AvgIpc) is 2.41. The Morgan fingerprint density at radius 1 is 1.43 bits per heavy atom. The molecule has 0 aliphatic heterocycles. The summed E-state index contributed by atoms with van der Waals surface area (Å²) in [7, 11) is 0. The second kappa shape index (κ2) is 8.32. The van der Waals surface area contributed by atoms with E-state index in [9.17, 15) is 4.79 Å². The van der Waals surface area contributed by atoms with E-state index in [-0.39, 0.29) is 12.5 Å². The van der Waals surface area contributed by atoms with Gasteiger partial charge in [0.2, 0.25) is 5.91 Å². The predicted octanol–water partition coefficient (Wildman–Crippen LogP) is 1.81. The molecule has 0 aliphatic rings. The predicted molar refractivity (Wildman–Crippen MR) is 84.9 cm³/mol. The minimum atomic E-state index is -0.560. The molecule has 0 bridgehead atoms. The highest BCUT2D eigenvalue weighted by Crippen LogP contribution is 2.23. The third kappa shape index (κ3) is 6.81. The molecule has 0 saturated carbocycles. The van der Waals surface area contributed by atoms with Gasteiger partial charge in [0, 0.05) is 12.6 Å². The Bertz CT molecular complexity index is 496. The van der Waals surface area contributed by atoms with Crippen LogP contribution in [-0.2, 0) is 4.79 Å². The number of benzene rings is 1. The van der Waals surface area contributed by atoms with Crippen molar-refractivity contribution in [2.45, 2.75) is 26.9 Å². The molecule has 1 atom stereocenters. The molecule has 0 fully saturated rings. The van der Waals surface area contributed by atoms with Gasteiger partial charge in [0.05, 0.1) is 18.4 Å². The average molecular weight is 292 g/mol. The largest absolute Gasteiger partial charge is 0.491 e.